The van der Waals surface area contributed by atoms with Crippen molar-refractivity contribution in [3.63, 3.8) is 0 Å². The molecule has 0 atom stereocenters. The van der Waals surface area contributed by atoms with E-state index in [1.165, 1.54) is 0 Å². The smallest absolute Gasteiger partial charge is 0.227 e. The van der Waals surface area contributed by atoms with E-state index in [-0.39, 0.29) is 5.91 Å². The van der Waals surface area contributed by atoms with Crippen molar-refractivity contribution in [2.45, 2.75) is 26.2 Å². The number of rotatable bonds is 7. The highest BCUT2D eigenvalue weighted by Gasteiger charge is 2.06. The number of carbonyl (C=O) groups is 1. The second kappa shape index (κ2) is 8.00. The van der Waals surface area contributed by atoms with Crippen LogP contribution in [0.3, 0.4) is 0 Å². The van der Waals surface area contributed by atoms with E-state index in [2.05, 4.69) is 30.7 Å². The summed E-state index contributed by atoms with van der Waals surface area (Å²) in [6.45, 7) is 1.77. The fourth-order valence-corrected chi connectivity index (χ4v) is 2.19. The molecule has 3 aromatic rings. The van der Waals surface area contributed by atoms with Crippen LogP contribution in [0.2, 0.25) is 0 Å². The molecule has 2 N–H and O–H groups in total. The molecule has 0 aliphatic carbocycles. The van der Waals surface area contributed by atoms with E-state index >= 15 is 0 Å². The van der Waals surface area contributed by atoms with Gasteiger partial charge in [-0.05, 0) is 43.7 Å². The van der Waals surface area contributed by atoms with Crippen LogP contribution in [0.1, 0.15) is 24.6 Å². The van der Waals surface area contributed by atoms with Crippen LogP contribution in [0.5, 0.6) is 0 Å². The van der Waals surface area contributed by atoms with Crippen molar-refractivity contribution in [2.24, 2.45) is 0 Å². The first-order valence-electron chi connectivity index (χ1n) is 7.92. The molecule has 0 fully saturated rings. The minimum absolute atomic E-state index is 0.0525. The van der Waals surface area contributed by atoms with Crippen LogP contribution >= 0.6 is 0 Å². The lowest BCUT2D eigenvalue weighted by Gasteiger charge is -2.07. The maximum Gasteiger partial charge on any atom is 0.227 e. The van der Waals surface area contributed by atoms with Gasteiger partial charge in [0, 0.05) is 36.6 Å². The Balaban J connectivity index is 1.45. The van der Waals surface area contributed by atoms with Gasteiger partial charge in [0.05, 0.1) is 0 Å². The normalized spacial score (nSPS) is 10.4. The first-order chi connectivity index (χ1) is 12.2. The predicted molar refractivity (Wildman–Crippen MR) is 92.4 cm³/mol. The van der Waals surface area contributed by atoms with Crippen molar-refractivity contribution in [1.82, 2.24) is 20.1 Å². The van der Waals surface area contributed by atoms with Gasteiger partial charge in [0.2, 0.25) is 17.7 Å². The summed E-state index contributed by atoms with van der Waals surface area (Å²) >= 11 is 0. The molecule has 8 heteroatoms. The number of carbonyl (C=O) groups excluding carboxylic acids is 1. The van der Waals surface area contributed by atoms with Gasteiger partial charge >= 0.3 is 0 Å². The lowest BCUT2D eigenvalue weighted by molar-refractivity contribution is -0.116. The van der Waals surface area contributed by atoms with Crippen LogP contribution in [-0.4, -0.2) is 26.0 Å². The van der Waals surface area contributed by atoms with Crippen molar-refractivity contribution < 1.29 is 9.32 Å². The number of nitrogens with one attached hydrogen (secondary N) is 2. The number of nitrogens with zero attached hydrogens (tertiary/aromatic N) is 4. The van der Waals surface area contributed by atoms with Gasteiger partial charge in [-0.15, -0.1) is 0 Å². The van der Waals surface area contributed by atoms with E-state index in [1.807, 2.05) is 24.3 Å². The summed E-state index contributed by atoms with van der Waals surface area (Å²) in [6.07, 6.45) is 4.96. The summed E-state index contributed by atoms with van der Waals surface area (Å²) in [4.78, 5) is 24.3. The van der Waals surface area contributed by atoms with Crippen molar-refractivity contribution in [3.05, 3.63) is 54.4 Å². The quantitative estimate of drug-likeness (QED) is 0.682. The van der Waals surface area contributed by atoms with Gasteiger partial charge in [0.15, 0.2) is 5.82 Å². The number of hydrogen-bond donors (Lipinski definition) is 2. The Morgan fingerprint density at radius 3 is 2.52 bits per heavy atom. The second-order valence-electron chi connectivity index (χ2n) is 5.41. The molecular formula is C17H18N6O2. The van der Waals surface area contributed by atoms with E-state index in [0.29, 0.717) is 36.9 Å². The van der Waals surface area contributed by atoms with Gasteiger partial charge in [-0.25, -0.2) is 9.97 Å². The molecule has 0 aliphatic heterocycles. The molecule has 8 nitrogen and oxygen atoms in total. The fourth-order valence-electron chi connectivity index (χ4n) is 2.19. The topological polar surface area (TPSA) is 106 Å². The molecule has 128 valence electrons. The summed E-state index contributed by atoms with van der Waals surface area (Å²) in [7, 11) is 0. The number of aromatic nitrogens is 4. The second-order valence-corrected chi connectivity index (χ2v) is 5.41. The fraction of sp³-hybridized carbons (Fsp3) is 0.235. The minimum atomic E-state index is -0.0525. The highest BCUT2D eigenvalue weighted by molar-refractivity contribution is 5.90. The summed E-state index contributed by atoms with van der Waals surface area (Å²) in [5.74, 6) is 1.64. The molecule has 0 bridgehead atoms. The zero-order chi connectivity index (χ0) is 17.5. The van der Waals surface area contributed by atoms with Gasteiger partial charge in [-0.3, -0.25) is 4.79 Å². The third-order valence-electron chi connectivity index (χ3n) is 3.35. The molecule has 3 rings (SSSR count). The third kappa shape index (κ3) is 5.10. The van der Waals surface area contributed by atoms with Gasteiger partial charge in [0.25, 0.3) is 0 Å². The Bertz CT molecular complexity index is 817. The molecule has 1 amide bonds. The van der Waals surface area contributed by atoms with E-state index in [9.17, 15) is 4.79 Å². The van der Waals surface area contributed by atoms with Crippen LogP contribution < -0.4 is 10.6 Å². The highest BCUT2D eigenvalue weighted by atomic mass is 16.5. The monoisotopic (exact) mass is 338 g/mol. The van der Waals surface area contributed by atoms with Gasteiger partial charge in [-0.1, -0.05) is 5.16 Å². The Morgan fingerprint density at radius 2 is 1.84 bits per heavy atom. The van der Waals surface area contributed by atoms with Crippen LogP contribution in [0.25, 0.3) is 0 Å². The number of benzene rings is 1. The maximum atomic E-state index is 12.0. The van der Waals surface area contributed by atoms with E-state index in [0.717, 1.165) is 11.4 Å². The van der Waals surface area contributed by atoms with Crippen LogP contribution in [-0.2, 0) is 11.2 Å². The SMILES string of the molecule is Cc1noc(CCCC(=O)Nc2ccc(Nc3ncccn3)cc2)n1. The molecule has 0 aliphatic rings. The molecule has 25 heavy (non-hydrogen) atoms. The van der Waals surface area contributed by atoms with E-state index < -0.39 is 0 Å². The molecular weight excluding hydrogens is 320 g/mol. The number of hydrogen-bond acceptors (Lipinski definition) is 7. The number of anilines is 3. The Kier molecular flexibility index (Phi) is 5.30. The third-order valence-corrected chi connectivity index (χ3v) is 3.35. The summed E-state index contributed by atoms with van der Waals surface area (Å²) in [6, 6.07) is 9.11. The number of amides is 1. The Hall–Kier alpha value is -3.29. The molecule has 0 spiro atoms. The van der Waals surface area contributed by atoms with Gasteiger partial charge in [0.1, 0.15) is 0 Å². The van der Waals surface area contributed by atoms with Crippen molar-refractivity contribution in [1.29, 1.82) is 0 Å². The zero-order valence-corrected chi connectivity index (χ0v) is 13.8. The van der Waals surface area contributed by atoms with E-state index in [1.54, 1.807) is 25.4 Å². The average molecular weight is 338 g/mol. The summed E-state index contributed by atoms with van der Waals surface area (Å²) < 4.78 is 5.02. The lowest BCUT2D eigenvalue weighted by atomic mass is 10.2. The number of aryl methyl sites for hydroxylation is 2. The molecule has 2 aromatic heterocycles. The molecule has 0 radical (unpaired) electrons. The largest absolute Gasteiger partial charge is 0.339 e. The zero-order valence-electron chi connectivity index (χ0n) is 13.8. The lowest BCUT2D eigenvalue weighted by Crippen LogP contribution is -2.11. The Labute approximate surface area is 144 Å². The summed E-state index contributed by atoms with van der Waals surface area (Å²) in [5, 5.41) is 9.66. The van der Waals surface area contributed by atoms with Crippen LogP contribution in [0, 0.1) is 6.92 Å². The van der Waals surface area contributed by atoms with Crippen LogP contribution in [0.15, 0.2) is 47.2 Å². The van der Waals surface area contributed by atoms with Crippen molar-refractivity contribution in [3.8, 4) is 0 Å². The standard InChI is InChI=1S/C17H18N6O2/c1-12-20-16(25-23-12)5-2-4-15(24)21-13-6-8-14(9-7-13)22-17-18-10-3-11-19-17/h3,6-11H,2,4-5H2,1H3,(H,21,24)(H,18,19,22). The first kappa shape index (κ1) is 16.6. The molecule has 2 heterocycles. The minimum Gasteiger partial charge on any atom is -0.339 e. The summed E-state index contributed by atoms with van der Waals surface area (Å²) in [5.41, 5.74) is 1.58. The first-order valence-corrected chi connectivity index (χ1v) is 7.92. The van der Waals surface area contributed by atoms with Gasteiger partial charge < -0.3 is 15.2 Å². The van der Waals surface area contributed by atoms with Crippen molar-refractivity contribution >= 4 is 23.2 Å². The molecule has 0 unspecified atom stereocenters. The molecule has 0 saturated carbocycles. The van der Waals surface area contributed by atoms with Crippen LogP contribution in [0.4, 0.5) is 17.3 Å². The molecule has 0 saturated heterocycles. The Morgan fingerprint density at radius 1 is 1.12 bits per heavy atom. The predicted octanol–water partition coefficient (Wildman–Crippen LogP) is 2.87. The van der Waals surface area contributed by atoms with Crippen molar-refractivity contribution in [2.75, 3.05) is 10.6 Å². The maximum absolute atomic E-state index is 12.0. The van der Waals surface area contributed by atoms with E-state index in [4.69, 9.17) is 4.52 Å². The molecule has 1 aromatic carbocycles. The van der Waals surface area contributed by atoms with Gasteiger partial charge in [-0.2, -0.15) is 4.98 Å². The highest BCUT2D eigenvalue weighted by Crippen LogP contribution is 2.16. The average Bonchev–Trinajstić information content (AvgIpc) is 3.03.